The van der Waals surface area contributed by atoms with Gasteiger partial charge in [-0.3, -0.25) is 4.79 Å². The van der Waals surface area contributed by atoms with Gasteiger partial charge in [0, 0.05) is 18.4 Å². The maximum atomic E-state index is 13.2. The number of amides is 1. The summed E-state index contributed by atoms with van der Waals surface area (Å²) in [5, 5.41) is 10.5. The molecule has 0 spiro atoms. The van der Waals surface area contributed by atoms with E-state index in [1.54, 1.807) is 0 Å². The molecule has 122 valence electrons. The Morgan fingerprint density at radius 2 is 2.04 bits per heavy atom. The Labute approximate surface area is 136 Å². The van der Waals surface area contributed by atoms with Crippen molar-refractivity contribution in [2.24, 2.45) is 29.6 Å². The van der Waals surface area contributed by atoms with E-state index in [1.165, 1.54) is 0 Å². The quantitative estimate of drug-likeness (QED) is 0.929. The van der Waals surface area contributed by atoms with E-state index >= 15 is 0 Å². The van der Waals surface area contributed by atoms with Gasteiger partial charge >= 0.3 is 0 Å². The number of carbonyl (C=O) groups is 1. The van der Waals surface area contributed by atoms with Crippen LogP contribution in [-0.4, -0.2) is 33.8 Å². The Morgan fingerprint density at radius 3 is 2.74 bits per heavy atom. The Balaban J connectivity index is 1.59. The standard InChI is InChI=1S/C19H23NO3/c1-10(2)19-15-13-8-12(16(21)17(13)23-19)14(15)18(22)20(19)9-11-6-4-3-5-7-11/h3-7,10,12-17,21H,8-9H2,1-2H3/t12-,13-,14-,15+,16+,17-,19-/m0/s1. The summed E-state index contributed by atoms with van der Waals surface area (Å²) in [5.74, 6) is 1.09. The van der Waals surface area contributed by atoms with Gasteiger partial charge in [0.2, 0.25) is 5.91 Å². The summed E-state index contributed by atoms with van der Waals surface area (Å²) in [7, 11) is 0. The minimum Gasteiger partial charge on any atom is -0.390 e. The number of aliphatic hydroxyl groups excluding tert-OH is 1. The highest BCUT2D eigenvalue weighted by Crippen LogP contribution is 2.69. The Morgan fingerprint density at radius 1 is 1.30 bits per heavy atom. The minimum atomic E-state index is -0.529. The summed E-state index contributed by atoms with van der Waals surface area (Å²) in [6.07, 6.45) is 0.431. The molecule has 1 aromatic rings. The minimum absolute atomic E-state index is 0.0418. The summed E-state index contributed by atoms with van der Waals surface area (Å²) in [4.78, 5) is 15.2. The van der Waals surface area contributed by atoms with Crippen molar-refractivity contribution in [3.05, 3.63) is 35.9 Å². The molecule has 2 bridgehead atoms. The monoisotopic (exact) mass is 313 g/mol. The predicted octanol–water partition coefficient (Wildman–Crippen LogP) is 2.02. The molecule has 2 heterocycles. The van der Waals surface area contributed by atoms with Crippen LogP contribution < -0.4 is 0 Å². The largest absolute Gasteiger partial charge is 0.390 e. The number of hydrogen-bond donors (Lipinski definition) is 1. The Hall–Kier alpha value is -1.39. The van der Waals surface area contributed by atoms with Crippen molar-refractivity contribution in [2.75, 3.05) is 0 Å². The summed E-state index contributed by atoms with van der Waals surface area (Å²) in [5.41, 5.74) is 0.612. The second-order valence-corrected chi connectivity index (χ2v) is 8.00. The smallest absolute Gasteiger partial charge is 0.229 e. The van der Waals surface area contributed by atoms with E-state index in [0.29, 0.717) is 12.5 Å². The van der Waals surface area contributed by atoms with Crippen LogP contribution in [0.1, 0.15) is 25.8 Å². The van der Waals surface area contributed by atoms with Crippen LogP contribution in [0.3, 0.4) is 0 Å². The van der Waals surface area contributed by atoms with Crippen molar-refractivity contribution >= 4 is 5.91 Å². The molecule has 2 aliphatic heterocycles. The third-order valence-corrected chi connectivity index (χ3v) is 6.84. The Bertz CT molecular complexity index is 660. The van der Waals surface area contributed by atoms with Gasteiger partial charge in [-0.25, -0.2) is 0 Å². The van der Waals surface area contributed by atoms with Crippen LogP contribution in [-0.2, 0) is 16.1 Å². The normalized spacial score (nSPS) is 46.4. The number of benzene rings is 1. The van der Waals surface area contributed by atoms with E-state index < -0.39 is 11.8 Å². The van der Waals surface area contributed by atoms with E-state index in [0.717, 1.165) is 12.0 Å². The summed E-state index contributed by atoms with van der Waals surface area (Å²) in [6, 6.07) is 10.2. The third kappa shape index (κ3) is 1.47. The molecule has 4 nitrogen and oxygen atoms in total. The second kappa shape index (κ2) is 4.37. The van der Waals surface area contributed by atoms with Crippen LogP contribution in [0.2, 0.25) is 0 Å². The molecule has 2 saturated heterocycles. The van der Waals surface area contributed by atoms with Gasteiger partial charge in [0.15, 0.2) is 0 Å². The van der Waals surface area contributed by atoms with Crippen LogP contribution in [0.15, 0.2) is 30.3 Å². The molecule has 4 aliphatic rings. The molecule has 2 saturated carbocycles. The van der Waals surface area contributed by atoms with Gasteiger partial charge in [0.25, 0.3) is 0 Å². The molecular formula is C19H23NO3. The van der Waals surface area contributed by atoms with Crippen molar-refractivity contribution in [1.82, 2.24) is 4.90 Å². The maximum Gasteiger partial charge on any atom is 0.229 e. The highest BCUT2D eigenvalue weighted by Gasteiger charge is 2.78. The number of likely N-dealkylation sites (tertiary alicyclic amines) is 1. The average Bonchev–Trinajstić information content (AvgIpc) is 3.20. The van der Waals surface area contributed by atoms with Crippen LogP contribution in [0.4, 0.5) is 0 Å². The van der Waals surface area contributed by atoms with Crippen LogP contribution >= 0.6 is 0 Å². The predicted molar refractivity (Wildman–Crippen MR) is 84.0 cm³/mol. The topological polar surface area (TPSA) is 49.8 Å². The van der Waals surface area contributed by atoms with Gasteiger partial charge in [-0.15, -0.1) is 0 Å². The molecule has 0 unspecified atom stereocenters. The lowest BCUT2D eigenvalue weighted by Gasteiger charge is -2.42. The zero-order chi connectivity index (χ0) is 15.9. The lowest BCUT2D eigenvalue weighted by atomic mass is 9.74. The molecule has 2 aliphatic carbocycles. The number of carbonyl (C=O) groups excluding carboxylic acids is 1. The number of aliphatic hydroxyl groups is 1. The van der Waals surface area contributed by atoms with Crippen LogP contribution in [0, 0.1) is 29.6 Å². The van der Waals surface area contributed by atoms with Crippen molar-refractivity contribution in [3.8, 4) is 0 Å². The first-order valence-electron chi connectivity index (χ1n) is 8.77. The first-order valence-corrected chi connectivity index (χ1v) is 8.77. The van der Waals surface area contributed by atoms with Crippen molar-refractivity contribution in [3.63, 3.8) is 0 Å². The van der Waals surface area contributed by atoms with Crippen molar-refractivity contribution < 1.29 is 14.6 Å². The summed E-state index contributed by atoms with van der Waals surface area (Å²) < 4.78 is 6.50. The van der Waals surface area contributed by atoms with E-state index in [2.05, 4.69) is 26.0 Å². The van der Waals surface area contributed by atoms with Gasteiger partial charge in [-0.05, 0) is 23.8 Å². The number of ether oxygens (including phenoxy) is 1. The lowest BCUT2D eigenvalue weighted by molar-refractivity contribution is -0.195. The molecule has 4 heteroatoms. The lowest BCUT2D eigenvalue weighted by Crippen LogP contribution is -2.53. The number of hydrogen-bond acceptors (Lipinski definition) is 3. The molecule has 1 N–H and O–H groups in total. The second-order valence-electron chi connectivity index (χ2n) is 8.00. The van der Waals surface area contributed by atoms with E-state index in [1.807, 2.05) is 23.1 Å². The van der Waals surface area contributed by atoms with Gasteiger partial charge in [-0.1, -0.05) is 44.2 Å². The molecule has 4 fully saturated rings. The molecule has 23 heavy (non-hydrogen) atoms. The van der Waals surface area contributed by atoms with E-state index in [9.17, 15) is 9.90 Å². The SMILES string of the molecule is CC(C)[C@]12O[C@@H]3[C@H](O)[C@H]4C[C@H]3[C@@H]1[C@H]4C(=O)N2Cc1ccccc1. The number of rotatable bonds is 3. The van der Waals surface area contributed by atoms with Crippen LogP contribution in [0.5, 0.6) is 0 Å². The summed E-state index contributed by atoms with van der Waals surface area (Å²) in [6.45, 7) is 4.91. The molecule has 1 aromatic carbocycles. The summed E-state index contributed by atoms with van der Waals surface area (Å²) >= 11 is 0. The van der Waals surface area contributed by atoms with Gasteiger partial charge < -0.3 is 14.7 Å². The molecular weight excluding hydrogens is 290 g/mol. The highest BCUT2D eigenvalue weighted by atomic mass is 16.6. The van der Waals surface area contributed by atoms with Gasteiger partial charge in [-0.2, -0.15) is 0 Å². The van der Waals surface area contributed by atoms with E-state index in [-0.39, 0.29) is 35.7 Å². The van der Waals surface area contributed by atoms with Crippen molar-refractivity contribution in [1.29, 1.82) is 0 Å². The molecule has 0 radical (unpaired) electrons. The number of nitrogens with zero attached hydrogens (tertiary/aromatic N) is 1. The fourth-order valence-electron chi connectivity index (χ4n) is 6.08. The molecule has 5 rings (SSSR count). The number of fused-ring (bicyclic) bond motifs is 2. The highest BCUT2D eigenvalue weighted by molar-refractivity contribution is 5.84. The molecule has 7 atom stereocenters. The van der Waals surface area contributed by atoms with Crippen LogP contribution in [0.25, 0.3) is 0 Å². The fraction of sp³-hybridized carbons (Fsp3) is 0.632. The molecule has 0 aromatic heterocycles. The van der Waals surface area contributed by atoms with Gasteiger partial charge in [0.05, 0.1) is 18.1 Å². The fourth-order valence-corrected chi connectivity index (χ4v) is 6.08. The maximum absolute atomic E-state index is 13.2. The molecule has 1 amide bonds. The zero-order valence-electron chi connectivity index (χ0n) is 13.6. The van der Waals surface area contributed by atoms with Crippen molar-refractivity contribution in [2.45, 2.75) is 44.7 Å². The first-order chi connectivity index (χ1) is 11.1. The third-order valence-electron chi connectivity index (χ3n) is 6.84. The average molecular weight is 313 g/mol. The Kier molecular flexibility index (Phi) is 2.66. The first kappa shape index (κ1) is 14.0. The van der Waals surface area contributed by atoms with E-state index in [4.69, 9.17) is 4.74 Å². The zero-order valence-corrected chi connectivity index (χ0v) is 13.6. The van der Waals surface area contributed by atoms with Gasteiger partial charge in [0.1, 0.15) is 5.72 Å².